The monoisotopic (exact) mass is 435 g/mol. The maximum atomic E-state index is 12.5. The molecule has 1 amide bonds. The highest BCUT2D eigenvalue weighted by Gasteiger charge is 2.34. The van der Waals surface area contributed by atoms with Crippen molar-refractivity contribution in [3.8, 4) is 5.88 Å². The van der Waals surface area contributed by atoms with Gasteiger partial charge in [0.2, 0.25) is 11.8 Å². The van der Waals surface area contributed by atoms with Gasteiger partial charge in [-0.3, -0.25) is 9.48 Å². The zero-order valence-corrected chi connectivity index (χ0v) is 19.1. The van der Waals surface area contributed by atoms with Gasteiger partial charge in [0.05, 0.1) is 36.9 Å². The van der Waals surface area contributed by atoms with Crippen molar-refractivity contribution in [1.82, 2.24) is 19.7 Å². The van der Waals surface area contributed by atoms with Crippen LogP contribution in [0, 0.1) is 12.8 Å². The number of aromatic nitrogens is 4. The van der Waals surface area contributed by atoms with Crippen LogP contribution >= 0.6 is 0 Å². The summed E-state index contributed by atoms with van der Waals surface area (Å²) in [6, 6.07) is 5.63. The highest BCUT2D eigenvalue weighted by molar-refractivity contribution is 6.04. The van der Waals surface area contributed by atoms with Gasteiger partial charge in [0, 0.05) is 43.7 Å². The first-order valence-electron chi connectivity index (χ1n) is 10.6. The highest BCUT2D eigenvalue weighted by atomic mass is 16.5. The number of amides is 1. The van der Waals surface area contributed by atoms with Crippen LogP contribution in [0.1, 0.15) is 30.7 Å². The molecule has 32 heavy (non-hydrogen) atoms. The quantitative estimate of drug-likeness (QED) is 0.589. The summed E-state index contributed by atoms with van der Waals surface area (Å²) >= 11 is 0. The van der Waals surface area contributed by atoms with Crippen LogP contribution in [0.2, 0.25) is 0 Å². The van der Waals surface area contributed by atoms with Gasteiger partial charge in [-0.15, -0.1) is 0 Å². The van der Waals surface area contributed by atoms with Gasteiger partial charge in [-0.2, -0.15) is 5.10 Å². The van der Waals surface area contributed by atoms with Crippen LogP contribution < -0.4 is 20.3 Å². The predicted octanol–water partition coefficient (Wildman–Crippen LogP) is 3.06. The molecule has 168 valence electrons. The summed E-state index contributed by atoms with van der Waals surface area (Å²) in [5.74, 6) is 1.56. The summed E-state index contributed by atoms with van der Waals surface area (Å²) in [5, 5.41) is 10.9. The van der Waals surface area contributed by atoms with Crippen LogP contribution in [0.3, 0.4) is 0 Å². The number of fused-ring (bicyclic) bond motifs is 1. The van der Waals surface area contributed by atoms with Crippen molar-refractivity contribution in [2.45, 2.75) is 39.9 Å². The number of likely N-dealkylation sites (N-methyl/N-ethyl adjacent to an activating group) is 1. The maximum absolute atomic E-state index is 12.5. The maximum Gasteiger partial charge on any atom is 0.247 e. The van der Waals surface area contributed by atoms with Crippen LogP contribution in [0.25, 0.3) is 0 Å². The van der Waals surface area contributed by atoms with E-state index in [1.807, 2.05) is 54.1 Å². The molecule has 0 aliphatic carbocycles. The van der Waals surface area contributed by atoms with Gasteiger partial charge in [0.1, 0.15) is 11.9 Å². The van der Waals surface area contributed by atoms with Gasteiger partial charge in [0.15, 0.2) is 0 Å². The molecule has 0 saturated heterocycles. The molecule has 3 aromatic rings. The van der Waals surface area contributed by atoms with E-state index < -0.39 is 0 Å². The van der Waals surface area contributed by atoms with Crippen molar-refractivity contribution in [3.63, 3.8) is 0 Å². The van der Waals surface area contributed by atoms with E-state index in [0.29, 0.717) is 19.0 Å². The Morgan fingerprint density at radius 1 is 1.28 bits per heavy atom. The van der Waals surface area contributed by atoms with Crippen molar-refractivity contribution in [2.24, 2.45) is 5.92 Å². The number of methoxy groups -OCH3 is 1. The lowest BCUT2D eigenvalue weighted by Crippen LogP contribution is -2.49. The van der Waals surface area contributed by atoms with Crippen LogP contribution in [0.15, 0.2) is 36.8 Å². The van der Waals surface area contributed by atoms with E-state index in [1.54, 1.807) is 13.3 Å². The molecule has 4 rings (SSSR count). The minimum atomic E-state index is -0.206. The Bertz CT molecular complexity index is 1130. The number of ether oxygens (including phenoxy) is 1. The summed E-state index contributed by atoms with van der Waals surface area (Å²) in [5.41, 5.74) is 4.65. The van der Waals surface area contributed by atoms with E-state index in [2.05, 4.69) is 39.5 Å². The first-order valence-corrected chi connectivity index (χ1v) is 10.6. The number of nitrogens with zero attached hydrogens (tertiary/aromatic N) is 5. The van der Waals surface area contributed by atoms with Gasteiger partial charge in [-0.25, -0.2) is 9.97 Å². The van der Waals surface area contributed by atoms with Crippen LogP contribution in [0.5, 0.6) is 5.88 Å². The number of hydrogen-bond acceptors (Lipinski definition) is 7. The number of carbonyl (C=O) groups excluding carboxylic acids is 1. The Morgan fingerprint density at radius 2 is 2.09 bits per heavy atom. The number of hydrogen-bond donors (Lipinski definition) is 2. The second-order valence-electron chi connectivity index (χ2n) is 8.38. The van der Waals surface area contributed by atoms with E-state index >= 15 is 0 Å². The molecular formula is C23H29N7O2. The lowest BCUT2D eigenvalue weighted by molar-refractivity contribution is -0.118. The molecule has 0 saturated carbocycles. The third-order valence-electron chi connectivity index (χ3n) is 5.64. The van der Waals surface area contributed by atoms with E-state index in [0.717, 1.165) is 34.0 Å². The molecule has 4 heterocycles. The van der Waals surface area contributed by atoms with Gasteiger partial charge >= 0.3 is 0 Å². The first-order chi connectivity index (χ1) is 15.4. The average Bonchev–Trinajstić information content (AvgIpc) is 3.20. The minimum Gasteiger partial charge on any atom is -0.481 e. The van der Waals surface area contributed by atoms with Gasteiger partial charge in [-0.05, 0) is 24.5 Å². The molecule has 0 fully saturated rings. The molecular weight excluding hydrogens is 406 g/mol. The minimum absolute atomic E-state index is 0.0137. The molecule has 0 bridgehead atoms. The first kappa shape index (κ1) is 21.6. The van der Waals surface area contributed by atoms with Crippen LogP contribution in [-0.2, 0) is 17.9 Å². The largest absolute Gasteiger partial charge is 0.481 e. The summed E-state index contributed by atoms with van der Waals surface area (Å²) < 4.78 is 7.07. The van der Waals surface area contributed by atoms with Crippen molar-refractivity contribution in [3.05, 3.63) is 53.6 Å². The molecule has 0 radical (unpaired) electrons. The van der Waals surface area contributed by atoms with Crippen molar-refractivity contribution < 1.29 is 9.53 Å². The van der Waals surface area contributed by atoms with Crippen molar-refractivity contribution in [1.29, 1.82) is 0 Å². The van der Waals surface area contributed by atoms with Crippen molar-refractivity contribution in [2.75, 3.05) is 29.7 Å². The van der Waals surface area contributed by atoms with Crippen molar-refractivity contribution >= 4 is 23.1 Å². The smallest absolute Gasteiger partial charge is 0.247 e. The third-order valence-corrected chi connectivity index (χ3v) is 5.64. The second-order valence-corrected chi connectivity index (χ2v) is 8.38. The summed E-state index contributed by atoms with van der Waals surface area (Å²) in [6.45, 7) is 7.25. The summed E-state index contributed by atoms with van der Waals surface area (Å²) in [6.07, 6.45) is 5.58. The lowest BCUT2D eigenvalue weighted by atomic mass is 9.98. The topological polar surface area (TPSA) is 97.2 Å². The zero-order valence-electron chi connectivity index (χ0n) is 19.1. The molecule has 0 unspecified atom stereocenters. The van der Waals surface area contributed by atoms with Gasteiger partial charge in [-0.1, -0.05) is 13.8 Å². The molecule has 2 N–H and O–H groups in total. The van der Waals surface area contributed by atoms with E-state index in [9.17, 15) is 4.79 Å². The van der Waals surface area contributed by atoms with E-state index in [1.165, 1.54) is 0 Å². The van der Waals surface area contributed by atoms with E-state index in [4.69, 9.17) is 4.74 Å². The molecule has 3 aromatic heterocycles. The number of pyridine rings is 2. The molecule has 1 aliphatic heterocycles. The number of rotatable bonds is 7. The standard InChI is InChI=1S/C23H29N7O2/c1-14(2)22-23(31)28-21-15(3)27-19(9-18(21)29(22)4)25-10-17-11-26-30(13-17)12-16-6-7-24-20(8-16)32-5/h6-9,11,13-14,22H,10,12H2,1-5H3,(H,25,27)(H,28,31)/t22-/m0/s1. The Balaban J connectivity index is 1.46. The summed E-state index contributed by atoms with van der Waals surface area (Å²) in [7, 11) is 3.57. The average molecular weight is 436 g/mol. The van der Waals surface area contributed by atoms with Gasteiger partial charge in [0.25, 0.3) is 0 Å². The number of carbonyl (C=O) groups is 1. The fraction of sp³-hybridized carbons (Fsp3) is 0.391. The van der Waals surface area contributed by atoms with Crippen LogP contribution in [0.4, 0.5) is 17.2 Å². The Morgan fingerprint density at radius 3 is 2.84 bits per heavy atom. The van der Waals surface area contributed by atoms with Crippen LogP contribution in [-0.4, -0.2) is 45.9 Å². The Labute approximate surface area is 187 Å². The normalized spacial score (nSPS) is 15.5. The fourth-order valence-corrected chi connectivity index (χ4v) is 4.08. The second kappa shape index (κ2) is 8.86. The zero-order chi connectivity index (χ0) is 22.8. The summed E-state index contributed by atoms with van der Waals surface area (Å²) in [4.78, 5) is 23.3. The molecule has 0 aromatic carbocycles. The Kier molecular flexibility index (Phi) is 5.98. The van der Waals surface area contributed by atoms with E-state index in [-0.39, 0.29) is 17.9 Å². The third kappa shape index (κ3) is 4.37. The number of aryl methyl sites for hydroxylation is 1. The van der Waals surface area contributed by atoms with Gasteiger partial charge < -0.3 is 20.3 Å². The lowest BCUT2D eigenvalue weighted by Gasteiger charge is -2.38. The number of nitrogens with one attached hydrogen (secondary N) is 2. The Hall–Kier alpha value is -3.62. The number of anilines is 3. The predicted molar refractivity (Wildman–Crippen MR) is 124 cm³/mol. The fourth-order valence-electron chi connectivity index (χ4n) is 4.08. The molecule has 0 spiro atoms. The SMILES string of the molecule is COc1cc(Cn2cc(CNc3cc4c(c(C)n3)NC(=O)[C@H](C(C)C)N4C)cn2)ccn1. The highest BCUT2D eigenvalue weighted by Crippen LogP contribution is 2.36. The molecule has 1 atom stereocenters. The molecule has 1 aliphatic rings. The molecule has 9 nitrogen and oxygen atoms in total. The molecule has 9 heteroatoms.